The van der Waals surface area contributed by atoms with Crippen LogP contribution in [0.4, 0.5) is 42.1 Å². The molecule has 1 N–H and O–H groups in total. The van der Waals surface area contributed by atoms with Gasteiger partial charge in [-0.15, -0.1) is 0 Å². The molecule has 3 aromatic rings. The van der Waals surface area contributed by atoms with Crippen LogP contribution in [-0.4, -0.2) is 57.2 Å². The van der Waals surface area contributed by atoms with E-state index in [1.165, 1.54) is 30.3 Å². The molecule has 6 nitrogen and oxygen atoms in total. The Morgan fingerprint density at radius 3 is 2.23 bits per heavy atom. The third kappa shape index (κ3) is 6.40. The van der Waals surface area contributed by atoms with E-state index in [9.17, 15) is 30.4 Å². The maximum atomic E-state index is 15.9. The molecule has 0 radical (unpaired) electrons. The Balaban J connectivity index is 1.52. The fourth-order valence-corrected chi connectivity index (χ4v) is 6.13. The van der Waals surface area contributed by atoms with Crippen LogP contribution in [0, 0.1) is 17.5 Å². The molecule has 2 aliphatic heterocycles. The van der Waals surface area contributed by atoms with Gasteiger partial charge in [0, 0.05) is 37.1 Å². The number of nitrogens with one attached hydrogen (secondary N) is 1. The maximum absolute atomic E-state index is 15.9. The second-order valence-electron chi connectivity index (χ2n) is 10.7. The standard InChI is InChI=1S/C29H28F7N3O3S/c1-17-11-18-12-23(42-43(40,41)29(34,35)36)7-8-24(18)28(39(17)22-5-3-19(31)4-6-22)27-25(32)13-20(14-26(27)33)37-21-15-38(16-21)10-2-9-30/h3-8,12-14,17,21,28,37H,2,9-11,15-16H2,1H3. The highest BCUT2D eigenvalue weighted by Gasteiger charge is 2.49. The third-order valence-corrected chi connectivity index (χ3v) is 8.56. The van der Waals surface area contributed by atoms with Crippen LogP contribution in [-0.2, 0) is 16.5 Å². The summed E-state index contributed by atoms with van der Waals surface area (Å²) in [6.45, 7) is 3.06. The zero-order chi connectivity index (χ0) is 31.1. The number of benzene rings is 3. The van der Waals surface area contributed by atoms with Crippen molar-refractivity contribution in [2.45, 2.75) is 43.4 Å². The fourth-order valence-electron chi connectivity index (χ4n) is 5.68. The van der Waals surface area contributed by atoms with Gasteiger partial charge in [0.2, 0.25) is 0 Å². The molecule has 0 bridgehead atoms. The number of fused-ring (bicyclic) bond motifs is 1. The zero-order valence-corrected chi connectivity index (χ0v) is 23.7. The average molecular weight is 632 g/mol. The van der Waals surface area contributed by atoms with Crippen molar-refractivity contribution in [3.63, 3.8) is 0 Å². The summed E-state index contributed by atoms with van der Waals surface area (Å²) >= 11 is 0. The monoisotopic (exact) mass is 631 g/mol. The molecule has 0 spiro atoms. The summed E-state index contributed by atoms with van der Waals surface area (Å²) in [4.78, 5) is 3.69. The van der Waals surface area contributed by atoms with Crippen molar-refractivity contribution < 1.29 is 43.3 Å². The molecule has 1 saturated heterocycles. The normalized spacial score (nSPS) is 19.6. The van der Waals surface area contributed by atoms with Crippen molar-refractivity contribution in [3.05, 3.63) is 88.7 Å². The minimum absolute atomic E-state index is 0.0817. The molecule has 43 heavy (non-hydrogen) atoms. The van der Waals surface area contributed by atoms with Crippen molar-refractivity contribution in [3.8, 4) is 5.75 Å². The van der Waals surface area contributed by atoms with Crippen LogP contribution < -0.4 is 14.4 Å². The van der Waals surface area contributed by atoms with Gasteiger partial charge in [-0.1, -0.05) is 6.07 Å². The van der Waals surface area contributed by atoms with Gasteiger partial charge in [0.05, 0.1) is 24.3 Å². The molecule has 14 heteroatoms. The Bertz CT molecular complexity index is 1560. The molecule has 3 aromatic carbocycles. The number of hydrogen-bond acceptors (Lipinski definition) is 6. The van der Waals surface area contributed by atoms with Crippen molar-refractivity contribution in [1.29, 1.82) is 0 Å². The van der Waals surface area contributed by atoms with Crippen molar-refractivity contribution in [1.82, 2.24) is 4.90 Å². The molecule has 2 atom stereocenters. The molecule has 2 unspecified atom stereocenters. The van der Waals surface area contributed by atoms with E-state index in [0.29, 0.717) is 42.9 Å². The number of halogens is 7. The van der Waals surface area contributed by atoms with E-state index in [0.717, 1.165) is 24.3 Å². The highest BCUT2D eigenvalue weighted by Crippen LogP contribution is 2.44. The van der Waals surface area contributed by atoms with Gasteiger partial charge in [0.25, 0.3) is 0 Å². The van der Waals surface area contributed by atoms with Gasteiger partial charge in [-0.05, 0) is 79.4 Å². The second kappa shape index (κ2) is 11.9. The van der Waals surface area contributed by atoms with Crippen LogP contribution in [0.1, 0.15) is 36.1 Å². The molecule has 5 rings (SSSR count). The van der Waals surface area contributed by atoms with Crippen molar-refractivity contribution >= 4 is 21.5 Å². The topological polar surface area (TPSA) is 61.9 Å². The highest BCUT2D eigenvalue weighted by molar-refractivity contribution is 7.88. The first kappa shape index (κ1) is 30.9. The van der Waals surface area contributed by atoms with Crippen molar-refractivity contribution in [2.75, 3.05) is 36.5 Å². The summed E-state index contributed by atoms with van der Waals surface area (Å²) in [5, 5.41) is 3.08. The number of nitrogens with zero attached hydrogens (tertiary/aromatic N) is 2. The second-order valence-corrected chi connectivity index (χ2v) is 12.2. The summed E-state index contributed by atoms with van der Waals surface area (Å²) in [6, 6.07) is 9.23. The molecule has 2 aliphatic rings. The van der Waals surface area contributed by atoms with E-state index in [-0.39, 0.29) is 23.7 Å². The van der Waals surface area contributed by atoms with E-state index in [4.69, 9.17) is 0 Å². The molecular weight excluding hydrogens is 603 g/mol. The number of hydrogen-bond donors (Lipinski definition) is 1. The van der Waals surface area contributed by atoms with Crippen LogP contribution in [0.15, 0.2) is 54.6 Å². The number of alkyl halides is 4. The first-order valence-electron chi connectivity index (χ1n) is 13.5. The number of likely N-dealkylation sites (tertiary alicyclic amines) is 1. The van der Waals surface area contributed by atoms with Crippen molar-refractivity contribution in [2.24, 2.45) is 0 Å². The first-order valence-corrected chi connectivity index (χ1v) is 14.9. The molecule has 0 aliphatic carbocycles. The van der Waals surface area contributed by atoms with Gasteiger partial charge >= 0.3 is 15.6 Å². The lowest BCUT2D eigenvalue weighted by Crippen LogP contribution is -2.54. The van der Waals surface area contributed by atoms with Crippen LogP contribution in [0.3, 0.4) is 0 Å². The van der Waals surface area contributed by atoms with Gasteiger partial charge in [0.1, 0.15) is 23.2 Å². The van der Waals surface area contributed by atoms with Gasteiger partial charge < -0.3 is 14.4 Å². The Morgan fingerprint density at radius 2 is 1.63 bits per heavy atom. The average Bonchev–Trinajstić information content (AvgIpc) is 2.89. The maximum Gasteiger partial charge on any atom is 0.534 e. The molecule has 232 valence electrons. The summed E-state index contributed by atoms with van der Waals surface area (Å²) in [7, 11) is -5.94. The van der Waals surface area contributed by atoms with Gasteiger partial charge in [-0.3, -0.25) is 9.29 Å². The summed E-state index contributed by atoms with van der Waals surface area (Å²) in [6.07, 6.45) is 0.554. The minimum atomic E-state index is -5.94. The van der Waals surface area contributed by atoms with E-state index < -0.39 is 57.6 Å². The lowest BCUT2D eigenvalue weighted by molar-refractivity contribution is -0.0500. The number of anilines is 2. The molecule has 0 saturated carbocycles. The predicted octanol–water partition coefficient (Wildman–Crippen LogP) is 6.33. The van der Waals surface area contributed by atoms with E-state index in [1.54, 1.807) is 11.8 Å². The molecule has 0 amide bonds. The molecule has 0 aromatic heterocycles. The lowest BCUT2D eigenvalue weighted by Gasteiger charge is -2.44. The smallest absolute Gasteiger partial charge is 0.380 e. The molecule has 1 fully saturated rings. The van der Waals surface area contributed by atoms with Crippen LogP contribution in [0.25, 0.3) is 0 Å². The number of rotatable bonds is 9. The quantitative estimate of drug-likeness (QED) is 0.169. The Labute approximate surface area is 244 Å². The molecular formula is C29H28F7N3O3S. The Kier molecular flexibility index (Phi) is 8.54. The van der Waals surface area contributed by atoms with Crippen LogP contribution >= 0.6 is 0 Å². The van der Waals surface area contributed by atoms with Gasteiger partial charge in [0.15, 0.2) is 0 Å². The molecule has 2 heterocycles. The Morgan fingerprint density at radius 1 is 0.977 bits per heavy atom. The highest BCUT2D eigenvalue weighted by atomic mass is 32.2. The van der Waals surface area contributed by atoms with Crippen LogP contribution in [0.2, 0.25) is 0 Å². The largest absolute Gasteiger partial charge is 0.534 e. The Hall–Kier alpha value is -3.52. The summed E-state index contributed by atoms with van der Waals surface area (Å²) < 4.78 is 124. The predicted molar refractivity (Wildman–Crippen MR) is 147 cm³/mol. The third-order valence-electron chi connectivity index (χ3n) is 7.58. The van der Waals surface area contributed by atoms with E-state index in [2.05, 4.69) is 9.50 Å². The fraction of sp³-hybridized carbons (Fsp3) is 0.379. The SMILES string of the molecule is CC1Cc2cc(OS(=O)(=O)C(F)(F)F)ccc2C(c2c(F)cc(NC3CN(CCCF)C3)cc2F)N1c1ccc(F)cc1. The minimum Gasteiger partial charge on any atom is -0.380 e. The summed E-state index contributed by atoms with van der Waals surface area (Å²) in [5.41, 5.74) is -4.72. The van der Waals surface area contributed by atoms with E-state index >= 15 is 8.78 Å². The van der Waals surface area contributed by atoms with Crippen LogP contribution in [0.5, 0.6) is 5.75 Å². The zero-order valence-electron chi connectivity index (χ0n) is 22.8. The van der Waals surface area contributed by atoms with E-state index in [1.807, 2.05) is 4.90 Å². The summed E-state index contributed by atoms with van der Waals surface area (Å²) in [5.74, 6) is -2.91. The lowest BCUT2D eigenvalue weighted by atomic mass is 9.84. The first-order chi connectivity index (χ1) is 20.3. The van der Waals surface area contributed by atoms with Gasteiger partial charge in [-0.2, -0.15) is 21.6 Å². The van der Waals surface area contributed by atoms with Gasteiger partial charge in [-0.25, -0.2) is 13.2 Å².